The van der Waals surface area contributed by atoms with Gasteiger partial charge in [-0.05, 0) is 25.8 Å². The van der Waals surface area contributed by atoms with Crippen LogP contribution in [0, 0.1) is 17.7 Å². The fraction of sp³-hybridized carbons (Fsp3) is 0.500. The first-order valence-corrected chi connectivity index (χ1v) is 8.27. The number of ether oxygens (including phenoxy) is 1. The first-order chi connectivity index (χ1) is 11.5. The van der Waals surface area contributed by atoms with Crippen LogP contribution in [-0.2, 0) is 25.7 Å². The molecule has 2 amide bonds. The van der Waals surface area contributed by atoms with Gasteiger partial charge in [-0.25, -0.2) is 9.18 Å². The third-order valence-electron chi connectivity index (χ3n) is 4.93. The van der Waals surface area contributed by atoms with E-state index in [-0.39, 0.29) is 35.8 Å². The summed E-state index contributed by atoms with van der Waals surface area (Å²) < 4.78 is 18.7. The Hall–Kier alpha value is -2.24. The van der Waals surface area contributed by atoms with Crippen molar-refractivity contribution >= 4 is 17.8 Å². The lowest BCUT2D eigenvalue weighted by Crippen LogP contribution is -2.44. The van der Waals surface area contributed by atoms with Gasteiger partial charge in [0.25, 0.3) is 0 Å². The van der Waals surface area contributed by atoms with Gasteiger partial charge in [0, 0.05) is 5.56 Å². The maximum absolute atomic E-state index is 13.6. The van der Waals surface area contributed by atoms with Crippen molar-refractivity contribution in [2.45, 2.75) is 45.3 Å². The third-order valence-corrected chi connectivity index (χ3v) is 4.93. The summed E-state index contributed by atoms with van der Waals surface area (Å²) in [5, 5.41) is 0. The van der Waals surface area contributed by atoms with Gasteiger partial charge in [-0.15, -0.1) is 0 Å². The number of hydrogen-bond acceptors (Lipinski definition) is 4. The first kappa shape index (κ1) is 16.6. The zero-order chi connectivity index (χ0) is 17.3. The molecule has 128 valence electrons. The molecule has 1 aliphatic heterocycles. The number of rotatable bonds is 4. The Labute approximate surface area is 139 Å². The van der Waals surface area contributed by atoms with Crippen molar-refractivity contribution in [1.82, 2.24) is 4.90 Å². The molecule has 1 aliphatic carbocycles. The van der Waals surface area contributed by atoms with Crippen molar-refractivity contribution in [1.29, 1.82) is 0 Å². The highest BCUT2D eigenvalue weighted by molar-refractivity contribution is 6.07. The summed E-state index contributed by atoms with van der Waals surface area (Å²) >= 11 is 0. The number of hydrogen-bond donors (Lipinski definition) is 0. The van der Waals surface area contributed by atoms with Crippen LogP contribution < -0.4 is 0 Å². The van der Waals surface area contributed by atoms with Gasteiger partial charge in [0.1, 0.15) is 18.5 Å². The van der Waals surface area contributed by atoms with E-state index in [1.165, 1.54) is 19.1 Å². The minimum absolute atomic E-state index is 0.223. The molecule has 24 heavy (non-hydrogen) atoms. The Morgan fingerprint density at radius 1 is 1.21 bits per heavy atom. The number of imide groups is 1. The molecular weight excluding hydrogens is 313 g/mol. The van der Waals surface area contributed by atoms with Crippen LogP contribution in [-0.4, -0.2) is 28.7 Å². The van der Waals surface area contributed by atoms with Crippen molar-refractivity contribution in [3.05, 3.63) is 35.6 Å². The van der Waals surface area contributed by atoms with Gasteiger partial charge in [0.2, 0.25) is 11.8 Å². The quantitative estimate of drug-likeness (QED) is 0.627. The summed E-state index contributed by atoms with van der Waals surface area (Å²) in [6.07, 6.45) is 3.26. The largest absolute Gasteiger partial charge is 0.459 e. The topological polar surface area (TPSA) is 63.7 Å². The van der Waals surface area contributed by atoms with Gasteiger partial charge >= 0.3 is 5.97 Å². The van der Waals surface area contributed by atoms with Gasteiger partial charge in [0.05, 0.1) is 11.8 Å². The number of carbonyl (C=O) groups is 3. The number of esters is 1. The summed E-state index contributed by atoms with van der Waals surface area (Å²) in [5.74, 6) is -2.31. The molecule has 0 bridgehead atoms. The van der Waals surface area contributed by atoms with E-state index in [1.807, 2.05) is 0 Å². The first-order valence-electron chi connectivity index (χ1n) is 8.27. The van der Waals surface area contributed by atoms with Crippen molar-refractivity contribution in [2.75, 3.05) is 0 Å². The van der Waals surface area contributed by atoms with Crippen LogP contribution in [0.5, 0.6) is 0 Å². The lowest BCUT2D eigenvalue weighted by atomic mass is 9.81. The van der Waals surface area contributed by atoms with E-state index < -0.39 is 17.8 Å². The third kappa shape index (κ3) is 2.92. The molecule has 0 aromatic heterocycles. The lowest BCUT2D eigenvalue weighted by molar-refractivity contribution is -0.159. The number of likely N-dealkylation sites (tertiary alicyclic amines) is 1. The van der Waals surface area contributed by atoms with Crippen LogP contribution in [0.4, 0.5) is 4.39 Å². The number of nitrogens with zero attached hydrogens (tertiary/aromatic N) is 1. The summed E-state index contributed by atoms with van der Waals surface area (Å²) in [7, 11) is 0. The van der Waals surface area contributed by atoms with Crippen molar-refractivity contribution in [2.24, 2.45) is 11.8 Å². The second-order valence-electron chi connectivity index (χ2n) is 6.42. The Kier molecular flexibility index (Phi) is 4.64. The normalized spacial score (nSPS) is 24.7. The van der Waals surface area contributed by atoms with E-state index in [4.69, 9.17) is 4.74 Å². The molecule has 2 unspecified atom stereocenters. The van der Waals surface area contributed by atoms with E-state index in [0.717, 1.165) is 17.7 Å². The van der Waals surface area contributed by atoms with E-state index in [1.54, 1.807) is 12.1 Å². The SMILES string of the molecule is C[C@@H](C(=O)OCc1ccccc1F)N1C(=O)C2CCCCC2C1=O. The van der Waals surface area contributed by atoms with E-state index in [2.05, 4.69) is 0 Å². The molecule has 2 aliphatic rings. The van der Waals surface area contributed by atoms with Crippen LogP contribution in [0.25, 0.3) is 0 Å². The van der Waals surface area contributed by atoms with E-state index in [0.29, 0.717) is 12.8 Å². The van der Waals surface area contributed by atoms with Crippen molar-refractivity contribution < 1.29 is 23.5 Å². The van der Waals surface area contributed by atoms with Crippen LogP contribution in [0.3, 0.4) is 0 Å². The lowest BCUT2D eigenvalue weighted by Gasteiger charge is -2.21. The Morgan fingerprint density at radius 3 is 2.38 bits per heavy atom. The second-order valence-corrected chi connectivity index (χ2v) is 6.42. The molecule has 2 fully saturated rings. The van der Waals surface area contributed by atoms with E-state index in [9.17, 15) is 18.8 Å². The predicted octanol–water partition coefficient (Wildman–Crippen LogP) is 2.43. The average Bonchev–Trinajstić information content (AvgIpc) is 2.85. The molecule has 3 rings (SSSR count). The monoisotopic (exact) mass is 333 g/mol. The van der Waals surface area contributed by atoms with E-state index >= 15 is 0 Å². The molecule has 3 atom stereocenters. The molecule has 1 heterocycles. The number of carbonyl (C=O) groups excluding carboxylic acids is 3. The zero-order valence-corrected chi connectivity index (χ0v) is 13.5. The van der Waals surface area contributed by atoms with Gasteiger partial charge in [0.15, 0.2) is 0 Å². The summed E-state index contributed by atoms with van der Waals surface area (Å²) in [4.78, 5) is 38.2. The Morgan fingerprint density at radius 2 is 1.79 bits per heavy atom. The van der Waals surface area contributed by atoms with Gasteiger partial charge < -0.3 is 4.74 Å². The van der Waals surface area contributed by atoms with Gasteiger partial charge in [-0.2, -0.15) is 0 Å². The summed E-state index contributed by atoms with van der Waals surface area (Å²) in [5.41, 5.74) is 0.255. The van der Waals surface area contributed by atoms with Crippen LogP contribution >= 0.6 is 0 Å². The summed E-state index contributed by atoms with van der Waals surface area (Å²) in [6.45, 7) is 1.26. The standard InChI is InChI=1S/C18H20FNO4/c1-11(18(23)24-10-12-6-2-5-9-15(12)19)20-16(21)13-7-3-4-8-14(13)17(20)22/h2,5-6,9,11,13-14H,3-4,7-8,10H2,1H3/t11-,13?,14?/m0/s1. The number of amides is 2. The fourth-order valence-corrected chi connectivity index (χ4v) is 3.56. The number of fused-ring (bicyclic) bond motifs is 1. The van der Waals surface area contributed by atoms with Crippen molar-refractivity contribution in [3.8, 4) is 0 Å². The molecule has 1 saturated carbocycles. The minimum atomic E-state index is -0.984. The molecule has 6 heteroatoms. The maximum atomic E-state index is 13.6. The molecule has 0 spiro atoms. The molecule has 1 saturated heterocycles. The number of benzene rings is 1. The van der Waals surface area contributed by atoms with Gasteiger partial charge in [-0.1, -0.05) is 31.0 Å². The highest BCUT2D eigenvalue weighted by atomic mass is 19.1. The Bertz CT molecular complexity index is 651. The maximum Gasteiger partial charge on any atom is 0.329 e. The van der Waals surface area contributed by atoms with Gasteiger partial charge in [-0.3, -0.25) is 14.5 Å². The molecular formula is C18H20FNO4. The molecule has 5 nitrogen and oxygen atoms in total. The second kappa shape index (κ2) is 6.71. The highest BCUT2D eigenvalue weighted by Crippen LogP contribution is 2.38. The van der Waals surface area contributed by atoms with Crippen LogP contribution in [0.15, 0.2) is 24.3 Å². The number of halogens is 1. The fourth-order valence-electron chi connectivity index (χ4n) is 3.56. The van der Waals surface area contributed by atoms with Crippen LogP contribution in [0.2, 0.25) is 0 Å². The smallest absolute Gasteiger partial charge is 0.329 e. The zero-order valence-electron chi connectivity index (χ0n) is 13.5. The molecule has 0 radical (unpaired) electrons. The van der Waals surface area contributed by atoms with Crippen LogP contribution in [0.1, 0.15) is 38.2 Å². The Balaban J connectivity index is 1.66. The predicted molar refractivity (Wildman–Crippen MR) is 83.0 cm³/mol. The molecule has 1 aromatic carbocycles. The molecule has 1 aromatic rings. The minimum Gasteiger partial charge on any atom is -0.459 e. The average molecular weight is 333 g/mol. The van der Waals surface area contributed by atoms with Crippen molar-refractivity contribution in [3.63, 3.8) is 0 Å². The highest BCUT2D eigenvalue weighted by Gasteiger charge is 2.51. The molecule has 0 N–H and O–H groups in total. The summed E-state index contributed by atoms with van der Waals surface area (Å²) in [6, 6.07) is 5.02.